The standard InChI is InChI=1S/C16H17BrN2O5/c1-9-5-13(17)24-15(9)16(21)19-7-10-3-4-11(12(6-10)22-2)23-8-14(18)20/h3-6H,7-8H2,1-2H3,(H2,18,20)(H,19,21). The molecule has 1 aromatic heterocycles. The van der Waals surface area contributed by atoms with Crippen LogP contribution in [0.5, 0.6) is 11.5 Å². The molecule has 0 bridgehead atoms. The molecule has 0 saturated heterocycles. The number of methoxy groups -OCH3 is 1. The summed E-state index contributed by atoms with van der Waals surface area (Å²) in [6.45, 7) is 1.83. The monoisotopic (exact) mass is 396 g/mol. The number of ether oxygens (including phenoxy) is 2. The molecule has 0 spiro atoms. The molecule has 1 heterocycles. The van der Waals surface area contributed by atoms with Crippen LogP contribution in [0.2, 0.25) is 0 Å². The molecule has 2 amide bonds. The van der Waals surface area contributed by atoms with E-state index >= 15 is 0 Å². The van der Waals surface area contributed by atoms with Crippen LogP contribution in [0, 0.1) is 6.92 Å². The summed E-state index contributed by atoms with van der Waals surface area (Å²) in [7, 11) is 1.48. The summed E-state index contributed by atoms with van der Waals surface area (Å²) in [5.41, 5.74) is 6.59. The fourth-order valence-corrected chi connectivity index (χ4v) is 2.53. The Kier molecular flexibility index (Phi) is 5.86. The summed E-state index contributed by atoms with van der Waals surface area (Å²) < 4.78 is 16.3. The summed E-state index contributed by atoms with van der Waals surface area (Å²) in [6.07, 6.45) is 0. The SMILES string of the molecule is COc1cc(CNC(=O)c2oc(Br)cc2C)ccc1OCC(N)=O. The lowest BCUT2D eigenvalue weighted by molar-refractivity contribution is -0.119. The maximum Gasteiger partial charge on any atom is 0.287 e. The molecule has 0 aliphatic rings. The van der Waals surface area contributed by atoms with Gasteiger partial charge in [0.25, 0.3) is 11.8 Å². The van der Waals surface area contributed by atoms with E-state index in [9.17, 15) is 9.59 Å². The van der Waals surface area contributed by atoms with Gasteiger partial charge >= 0.3 is 0 Å². The van der Waals surface area contributed by atoms with Gasteiger partial charge in [0.2, 0.25) is 0 Å². The second kappa shape index (κ2) is 7.87. The Hall–Kier alpha value is -2.48. The van der Waals surface area contributed by atoms with Crippen molar-refractivity contribution in [2.75, 3.05) is 13.7 Å². The highest BCUT2D eigenvalue weighted by atomic mass is 79.9. The second-order valence-electron chi connectivity index (χ2n) is 4.99. The van der Waals surface area contributed by atoms with Crippen molar-refractivity contribution in [1.29, 1.82) is 0 Å². The fourth-order valence-electron chi connectivity index (χ4n) is 2.02. The van der Waals surface area contributed by atoms with Crippen LogP contribution < -0.4 is 20.5 Å². The van der Waals surface area contributed by atoms with Crippen molar-refractivity contribution in [3.8, 4) is 11.5 Å². The first-order chi connectivity index (χ1) is 11.4. The summed E-state index contributed by atoms with van der Waals surface area (Å²) >= 11 is 3.19. The van der Waals surface area contributed by atoms with E-state index in [4.69, 9.17) is 19.6 Å². The minimum Gasteiger partial charge on any atom is -0.493 e. The van der Waals surface area contributed by atoms with Gasteiger partial charge in [0.15, 0.2) is 28.5 Å². The van der Waals surface area contributed by atoms with E-state index in [1.54, 1.807) is 31.2 Å². The predicted molar refractivity (Wildman–Crippen MR) is 90.0 cm³/mol. The summed E-state index contributed by atoms with van der Waals surface area (Å²) in [4.78, 5) is 22.9. The fraction of sp³-hybridized carbons (Fsp3) is 0.250. The lowest BCUT2D eigenvalue weighted by Gasteiger charge is -2.11. The number of carbonyl (C=O) groups excluding carboxylic acids is 2. The Morgan fingerprint density at radius 3 is 2.62 bits per heavy atom. The van der Waals surface area contributed by atoms with Crippen molar-refractivity contribution < 1.29 is 23.5 Å². The van der Waals surface area contributed by atoms with E-state index < -0.39 is 5.91 Å². The van der Waals surface area contributed by atoms with Gasteiger partial charge in [-0.1, -0.05) is 6.07 Å². The predicted octanol–water partition coefficient (Wildman–Crippen LogP) is 2.15. The van der Waals surface area contributed by atoms with E-state index in [-0.39, 0.29) is 24.8 Å². The Balaban J connectivity index is 2.03. The van der Waals surface area contributed by atoms with Crippen LogP contribution in [0.1, 0.15) is 21.7 Å². The molecular formula is C16H17BrN2O5. The van der Waals surface area contributed by atoms with Crippen LogP contribution in [-0.4, -0.2) is 25.5 Å². The number of halogens is 1. The quantitative estimate of drug-likeness (QED) is 0.745. The molecule has 0 atom stereocenters. The van der Waals surface area contributed by atoms with E-state index in [0.29, 0.717) is 16.2 Å². The van der Waals surface area contributed by atoms with Gasteiger partial charge in [-0.3, -0.25) is 9.59 Å². The highest BCUT2D eigenvalue weighted by Gasteiger charge is 2.15. The molecule has 3 N–H and O–H groups in total. The zero-order chi connectivity index (χ0) is 17.7. The number of rotatable bonds is 7. The van der Waals surface area contributed by atoms with Crippen LogP contribution >= 0.6 is 15.9 Å². The van der Waals surface area contributed by atoms with Crippen molar-refractivity contribution in [2.24, 2.45) is 5.73 Å². The lowest BCUT2D eigenvalue weighted by Crippen LogP contribution is -2.23. The molecule has 0 aliphatic carbocycles. The highest BCUT2D eigenvalue weighted by Crippen LogP contribution is 2.28. The zero-order valence-electron chi connectivity index (χ0n) is 13.2. The normalized spacial score (nSPS) is 10.3. The van der Waals surface area contributed by atoms with E-state index in [0.717, 1.165) is 11.1 Å². The highest BCUT2D eigenvalue weighted by molar-refractivity contribution is 9.10. The van der Waals surface area contributed by atoms with Crippen LogP contribution in [0.3, 0.4) is 0 Å². The Bertz CT molecular complexity index is 757. The van der Waals surface area contributed by atoms with Crippen LogP contribution in [0.4, 0.5) is 0 Å². The number of hydrogen-bond donors (Lipinski definition) is 2. The third-order valence-electron chi connectivity index (χ3n) is 3.14. The molecule has 7 nitrogen and oxygen atoms in total. The largest absolute Gasteiger partial charge is 0.493 e. The first-order valence-corrected chi connectivity index (χ1v) is 7.82. The maximum atomic E-state index is 12.1. The molecule has 128 valence electrons. The van der Waals surface area contributed by atoms with Crippen molar-refractivity contribution in [1.82, 2.24) is 5.32 Å². The van der Waals surface area contributed by atoms with Crippen molar-refractivity contribution in [3.05, 3.63) is 45.8 Å². The smallest absolute Gasteiger partial charge is 0.287 e. The third-order valence-corrected chi connectivity index (χ3v) is 3.54. The zero-order valence-corrected chi connectivity index (χ0v) is 14.8. The summed E-state index contributed by atoms with van der Waals surface area (Å²) in [5, 5.41) is 2.77. The van der Waals surface area contributed by atoms with Gasteiger partial charge in [0.1, 0.15) is 0 Å². The van der Waals surface area contributed by atoms with Crippen molar-refractivity contribution >= 4 is 27.7 Å². The molecule has 0 saturated carbocycles. The van der Waals surface area contributed by atoms with Crippen molar-refractivity contribution in [2.45, 2.75) is 13.5 Å². The van der Waals surface area contributed by atoms with Gasteiger partial charge < -0.3 is 24.9 Å². The lowest BCUT2D eigenvalue weighted by atomic mass is 10.2. The van der Waals surface area contributed by atoms with Crippen molar-refractivity contribution in [3.63, 3.8) is 0 Å². The first-order valence-electron chi connectivity index (χ1n) is 7.03. The van der Waals surface area contributed by atoms with E-state index in [2.05, 4.69) is 21.2 Å². The van der Waals surface area contributed by atoms with Crippen LogP contribution in [0.15, 0.2) is 33.4 Å². The van der Waals surface area contributed by atoms with E-state index in [1.165, 1.54) is 7.11 Å². The summed E-state index contributed by atoms with van der Waals surface area (Å²) in [5.74, 6) is 0.215. The minimum absolute atomic E-state index is 0.237. The summed E-state index contributed by atoms with van der Waals surface area (Å²) in [6, 6.07) is 6.84. The first kappa shape index (κ1) is 17.9. The number of primary amides is 1. The van der Waals surface area contributed by atoms with Gasteiger partial charge in [0, 0.05) is 12.1 Å². The number of benzene rings is 1. The van der Waals surface area contributed by atoms with Gasteiger partial charge in [-0.25, -0.2) is 0 Å². The number of amides is 2. The molecule has 8 heteroatoms. The van der Waals surface area contributed by atoms with Crippen LogP contribution in [-0.2, 0) is 11.3 Å². The molecular weight excluding hydrogens is 380 g/mol. The van der Waals surface area contributed by atoms with E-state index in [1.807, 2.05) is 0 Å². The number of hydrogen-bond acceptors (Lipinski definition) is 5. The van der Waals surface area contributed by atoms with Gasteiger partial charge in [0.05, 0.1) is 7.11 Å². The molecule has 2 rings (SSSR count). The van der Waals surface area contributed by atoms with Gasteiger partial charge in [-0.05, 0) is 46.6 Å². The minimum atomic E-state index is -0.576. The molecule has 24 heavy (non-hydrogen) atoms. The molecule has 2 aromatic rings. The molecule has 0 radical (unpaired) electrons. The molecule has 1 aromatic carbocycles. The molecule has 0 aliphatic heterocycles. The number of aryl methyl sites for hydroxylation is 1. The average Bonchev–Trinajstić information content (AvgIpc) is 2.89. The average molecular weight is 397 g/mol. The van der Waals surface area contributed by atoms with Gasteiger partial charge in [-0.2, -0.15) is 0 Å². The number of nitrogens with two attached hydrogens (primary N) is 1. The Morgan fingerprint density at radius 1 is 1.29 bits per heavy atom. The maximum absolute atomic E-state index is 12.1. The van der Waals surface area contributed by atoms with Gasteiger partial charge in [-0.15, -0.1) is 0 Å². The Morgan fingerprint density at radius 2 is 2.04 bits per heavy atom. The number of furan rings is 1. The second-order valence-corrected chi connectivity index (χ2v) is 5.77. The number of carbonyl (C=O) groups is 2. The Labute approximate surface area is 147 Å². The molecule has 0 fully saturated rings. The molecule has 0 unspecified atom stereocenters. The number of nitrogens with one attached hydrogen (secondary N) is 1. The van der Waals surface area contributed by atoms with Crippen LogP contribution in [0.25, 0.3) is 0 Å². The topological polar surface area (TPSA) is 104 Å². The third kappa shape index (κ3) is 4.51.